The Morgan fingerprint density at radius 1 is 0.952 bits per heavy atom. The smallest absolute Gasteiger partial charge is 0.161 e. The van der Waals surface area contributed by atoms with Gasteiger partial charge in [-0.05, 0) is 36.2 Å². The Hall–Kier alpha value is -2.20. The van der Waals surface area contributed by atoms with Crippen molar-refractivity contribution < 1.29 is 19.3 Å². The van der Waals surface area contributed by atoms with Gasteiger partial charge in [-0.25, -0.2) is 0 Å². The lowest BCUT2D eigenvalue weighted by Crippen LogP contribution is -2.10. The molecule has 0 bridgehead atoms. The molecule has 1 atom stereocenters. The second-order valence-electron chi connectivity index (χ2n) is 4.71. The summed E-state index contributed by atoms with van der Waals surface area (Å²) >= 11 is 0. The van der Waals surface area contributed by atoms with Crippen molar-refractivity contribution >= 4 is 0 Å². The van der Waals surface area contributed by atoms with Crippen LogP contribution >= 0.6 is 0 Å². The van der Waals surface area contributed by atoms with Crippen LogP contribution in [0.2, 0.25) is 0 Å². The van der Waals surface area contributed by atoms with Gasteiger partial charge in [0.1, 0.15) is 18.5 Å². The number of hydrogen-bond donors (Lipinski definition) is 1. The number of benzene rings is 2. The summed E-state index contributed by atoms with van der Waals surface area (Å²) in [5, 5.41) is 10.2. The summed E-state index contributed by atoms with van der Waals surface area (Å²) in [6.07, 6.45) is -0.732. The minimum atomic E-state index is -0.732. The maximum absolute atomic E-state index is 10.2. The molecule has 1 unspecified atom stereocenters. The molecule has 112 valence electrons. The maximum atomic E-state index is 10.2. The van der Waals surface area contributed by atoms with E-state index in [1.807, 2.05) is 31.2 Å². The van der Waals surface area contributed by atoms with Gasteiger partial charge >= 0.3 is 0 Å². The molecule has 0 aliphatic carbocycles. The summed E-state index contributed by atoms with van der Waals surface area (Å²) in [6.45, 7) is 2.15. The highest BCUT2D eigenvalue weighted by molar-refractivity contribution is 5.43. The zero-order valence-electron chi connectivity index (χ0n) is 12.5. The maximum Gasteiger partial charge on any atom is 0.161 e. The number of para-hydroxylation sites is 1. The van der Waals surface area contributed by atoms with Gasteiger partial charge in [0.05, 0.1) is 14.2 Å². The van der Waals surface area contributed by atoms with Gasteiger partial charge in [-0.2, -0.15) is 0 Å². The molecular weight excluding hydrogens is 268 g/mol. The van der Waals surface area contributed by atoms with Gasteiger partial charge in [0.25, 0.3) is 0 Å². The summed E-state index contributed by atoms with van der Waals surface area (Å²) in [5.74, 6) is 2.00. The molecule has 0 saturated carbocycles. The molecule has 2 aromatic rings. The van der Waals surface area contributed by atoms with Crippen LogP contribution in [0.5, 0.6) is 17.2 Å². The third kappa shape index (κ3) is 3.67. The lowest BCUT2D eigenvalue weighted by molar-refractivity contribution is 0.107. The quantitative estimate of drug-likeness (QED) is 0.887. The highest BCUT2D eigenvalue weighted by atomic mass is 16.5. The number of rotatable bonds is 6. The lowest BCUT2D eigenvalue weighted by Gasteiger charge is -2.16. The summed E-state index contributed by atoms with van der Waals surface area (Å²) in [7, 11) is 3.15. The first-order valence-corrected chi connectivity index (χ1v) is 6.74. The van der Waals surface area contributed by atoms with Gasteiger partial charge in [-0.1, -0.05) is 24.3 Å². The topological polar surface area (TPSA) is 47.9 Å². The van der Waals surface area contributed by atoms with Crippen LogP contribution in [0, 0.1) is 6.92 Å². The van der Waals surface area contributed by atoms with Gasteiger partial charge < -0.3 is 19.3 Å². The number of aliphatic hydroxyl groups is 1. The van der Waals surface area contributed by atoms with Crippen molar-refractivity contribution in [1.82, 2.24) is 0 Å². The fourth-order valence-electron chi connectivity index (χ4n) is 2.04. The SMILES string of the molecule is COc1ccc(C(O)COc2ccccc2C)cc1OC. The van der Waals surface area contributed by atoms with E-state index in [1.165, 1.54) is 0 Å². The third-order valence-corrected chi connectivity index (χ3v) is 3.28. The van der Waals surface area contributed by atoms with Crippen LogP contribution in [-0.4, -0.2) is 25.9 Å². The van der Waals surface area contributed by atoms with Crippen LogP contribution in [0.4, 0.5) is 0 Å². The third-order valence-electron chi connectivity index (χ3n) is 3.28. The van der Waals surface area contributed by atoms with Crippen molar-refractivity contribution in [3.8, 4) is 17.2 Å². The van der Waals surface area contributed by atoms with Crippen molar-refractivity contribution in [1.29, 1.82) is 0 Å². The Kier molecular flexibility index (Phi) is 5.06. The fraction of sp³-hybridized carbons (Fsp3) is 0.294. The first kappa shape index (κ1) is 15.2. The van der Waals surface area contributed by atoms with E-state index in [9.17, 15) is 5.11 Å². The van der Waals surface area contributed by atoms with Crippen molar-refractivity contribution in [2.75, 3.05) is 20.8 Å². The highest BCUT2D eigenvalue weighted by Gasteiger charge is 2.13. The minimum Gasteiger partial charge on any atom is -0.493 e. The largest absolute Gasteiger partial charge is 0.493 e. The Morgan fingerprint density at radius 3 is 2.33 bits per heavy atom. The van der Waals surface area contributed by atoms with E-state index in [1.54, 1.807) is 32.4 Å². The van der Waals surface area contributed by atoms with Crippen LogP contribution in [0.15, 0.2) is 42.5 Å². The number of hydrogen-bond acceptors (Lipinski definition) is 4. The molecular formula is C17H20O4. The molecule has 4 heteroatoms. The lowest BCUT2D eigenvalue weighted by atomic mass is 10.1. The van der Waals surface area contributed by atoms with Crippen LogP contribution < -0.4 is 14.2 Å². The average molecular weight is 288 g/mol. The number of ether oxygens (including phenoxy) is 3. The van der Waals surface area contributed by atoms with Crippen LogP contribution in [-0.2, 0) is 0 Å². The monoisotopic (exact) mass is 288 g/mol. The van der Waals surface area contributed by atoms with E-state index in [0.29, 0.717) is 11.5 Å². The summed E-state index contributed by atoms with van der Waals surface area (Å²) in [5.41, 5.74) is 1.76. The van der Waals surface area contributed by atoms with Crippen molar-refractivity contribution in [2.45, 2.75) is 13.0 Å². The molecule has 2 aromatic carbocycles. The van der Waals surface area contributed by atoms with E-state index < -0.39 is 6.10 Å². The predicted molar refractivity (Wildman–Crippen MR) is 81.2 cm³/mol. The van der Waals surface area contributed by atoms with E-state index in [-0.39, 0.29) is 6.61 Å². The van der Waals surface area contributed by atoms with E-state index in [2.05, 4.69) is 0 Å². The Balaban J connectivity index is 2.06. The molecule has 21 heavy (non-hydrogen) atoms. The fourth-order valence-corrected chi connectivity index (χ4v) is 2.04. The van der Waals surface area contributed by atoms with Crippen molar-refractivity contribution in [3.05, 3.63) is 53.6 Å². The molecule has 0 spiro atoms. The number of aliphatic hydroxyl groups excluding tert-OH is 1. The summed E-state index contributed by atoms with van der Waals surface area (Å²) in [6, 6.07) is 13.0. The first-order valence-electron chi connectivity index (χ1n) is 6.74. The van der Waals surface area contributed by atoms with E-state index >= 15 is 0 Å². The molecule has 0 aromatic heterocycles. The first-order chi connectivity index (χ1) is 10.2. The molecule has 0 aliphatic rings. The minimum absolute atomic E-state index is 0.181. The second kappa shape index (κ2) is 6.99. The molecule has 0 radical (unpaired) electrons. The van der Waals surface area contributed by atoms with Crippen LogP contribution in [0.3, 0.4) is 0 Å². The molecule has 0 saturated heterocycles. The number of methoxy groups -OCH3 is 2. The van der Waals surface area contributed by atoms with E-state index in [0.717, 1.165) is 16.9 Å². The van der Waals surface area contributed by atoms with Gasteiger partial charge in [-0.3, -0.25) is 0 Å². The molecule has 0 aliphatic heterocycles. The zero-order chi connectivity index (χ0) is 15.2. The summed E-state index contributed by atoms with van der Waals surface area (Å²) < 4.78 is 16.1. The second-order valence-corrected chi connectivity index (χ2v) is 4.71. The summed E-state index contributed by atoms with van der Waals surface area (Å²) in [4.78, 5) is 0. The molecule has 0 fully saturated rings. The zero-order valence-corrected chi connectivity index (χ0v) is 12.5. The van der Waals surface area contributed by atoms with E-state index in [4.69, 9.17) is 14.2 Å². The van der Waals surface area contributed by atoms with Gasteiger partial charge in [0, 0.05) is 0 Å². The van der Waals surface area contributed by atoms with Crippen LogP contribution in [0.25, 0.3) is 0 Å². The molecule has 0 amide bonds. The Morgan fingerprint density at radius 2 is 1.67 bits per heavy atom. The molecule has 2 rings (SSSR count). The van der Waals surface area contributed by atoms with Crippen LogP contribution in [0.1, 0.15) is 17.2 Å². The van der Waals surface area contributed by atoms with Gasteiger partial charge in [-0.15, -0.1) is 0 Å². The number of aryl methyl sites for hydroxylation is 1. The molecule has 4 nitrogen and oxygen atoms in total. The van der Waals surface area contributed by atoms with Gasteiger partial charge in [0.15, 0.2) is 11.5 Å². The Labute approximate surface area is 124 Å². The highest BCUT2D eigenvalue weighted by Crippen LogP contribution is 2.30. The normalized spacial score (nSPS) is 11.8. The standard InChI is InChI=1S/C17H20O4/c1-12-6-4-5-7-15(12)21-11-14(18)13-8-9-16(19-2)17(10-13)20-3/h4-10,14,18H,11H2,1-3H3. The van der Waals surface area contributed by atoms with Crippen molar-refractivity contribution in [3.63, 3.8) is 0 Å². The average Bonchev–Trinajstić information content (AvgIpc) is 2.53. The molecule has 0 heterocycles. The van der Waals surface area contributed by atoms with Gasteiger partial charge in [0.2, 0.25) is 0 Å². The van der Waals surface area contributed by atoms with Crippen molar-refractivity contribution in [2.24, 2.45) is 0 Å². The predicted octanol–water partition coefficient (Wildman–Crippen LogP) is 3.12. The molecule has 1 N–H and O–H groups in total. The Bertz CT molecular complexity index is 595.